The van der Waals surface area contributed by atoms with Gasteiger partial charge in [0, 0.05) is 23.5 Å². The van der Waals surface area contributed by atoms with Crippen LogP contribution >= 0.6 is 15.9 Å². The van der Waals surface area contributed by atoms with Gasteiger partial charge in [-0.05, 0) is 36.4 Å². The van der Waals surface area contributed by atoms with Gasteiger partial charge in [0.05, 0.1) is 16.3 Å². The van der Waals surface area contributed by atoms with E-state index >= 15 is 0 Å². The molecule has 0 N–H and O–H groups in total. The summed E-state index contributed by atoms with van der Waals surface area (Å²) < 4.78 is 0.791. The third-order valence-electron chi connectivity index (χ3n) is 4.82. The zero-order valence-corrected chi connectivity index (χ0v) is 16.6. The van der Waals surface area contributed by atoms with Crippen LogP contribution < -0.4 is 9.91 Å². The van der Waals surface area contributed by atoms with Crippen molar-refractivity contribution in [1.29, 1.82) is 0 Å². The number of hydrogen-bond donors (Lipinski definition) is 0. The molecule has 2 aliphatic rings. The summed E-state index contributed by atoms with van der Waals surface area (Å²) in [4.78, 5) is 49.7. The fraction of sp³-hybridized carbons (Fsp3) is 0.158. The molecule has 2 aliphatic heterocycles. The van der Waals surface area contributed by atoms with Crippen molar-refractivity contribution in [3.63, 3.8) is 0 Å². The summed E-state index contributed by atoms with van der Waals surface area (Å²) in [6.07, 6.45) is 0. The number of anilines is 2. The van der Waals surface area contributed by atoms with E-state index in [1.54, 1.807) is 24.3 Å². The molecule has 10 heteroatoms. The third-order valence-corrected chi connectivity index (χ3v) is 5.35. The lowest BCUT2D eigenvalue weighted by atomic mass is 9.95. The van der Waals surface area contributed by atoms with Gasteiger partial charge in [-0.2, -0.15) is 5.10 Å². The van der Waals surface area contributed by atoms with Gasteiger partial charge in [0.1, 0.15) is 17.7 Å². The van der Waals surface area contributed by atoms with Crippen molar-refractivity contribution in [2.24, 2.45) is 11.0 Å². The highest BCUT2D eigenvalue weighted by atomic mass is 79.9. The molecule has 2 atom stereocenters. The van der Waals surface area contributed by atoms with E-state index in [9.17, 15) is 24.5 Å². The third kappa shape index (κ3) is 3.01. The molecule has 9 nitrogen and oxygen atoms in total. The summed E-state index contributed by atoms with van der Waals surface area (Å²) in [5.41, 5.74) is 0.640. The van der Waals surface area contributed by atoms with E-state index in [0.717, 1.165) is 9.37 Å². The molecule has 1 fully saturated rings. The molecule has 2 heterocycles. The highest BCUT2D eigenvalue weighted by Gasteiger charge is 2.58. The van der Waals surface area contributed by atoms with E-state index in [0.29, 0.717) is 11.4 Å². The largest absolute Gasteiger partial charge is 0.293 e. The number of Topliss-reactive ketones (excluding diaryl/α,β-unsaturated/α-hetero) is 1. The molecule has 0 spiro atoms. The van der Waals surface area contributed by atoms with Crippen molar-refractivity contribution in [3.05, 3.63) is 63.1 Å². The van der Waals surface area contributed by atoms with E-state index in [1.165, 1.54) is 36.2 Å². The molecular weight excluding hydrogens is 444 g/mol. The van der Waals surface area contributed by atoms with E-state index in [2.05, 4.69) is 21.0 Å². The maximum Gasteiger partial charge on any atom is 0.269 e. The Balaban J connectivity index is 1.76. The topological polar surface area (TPSA) is 113 Å². The zero-order chi connectivity index (χ0) is 20.9. The summed E-state index contributed by atoms with van der Waals surface area (Å²) in [5.74, 6) is -2.48. The van der Waals surface area contributed by atoms with Crippen molar-refractivity contribution in [2.45, 2.75) is 13.0 Å². The van der Waals surface area contributed by atoms with Crippen LogP contribution in [-0.2, 0) is 14.4 Å². The summed E-state index contributed by atoms with van der Waals surface area (Å²) in [6, 6.07) is 11.1. The predicted molar refractivity (Wildman–Crippen MR) is 108 cm³/mol. The number of amides is 2. The number of halogens is 1. The van der Waals surface area contributed by atoms with Crippen LogP contribution in [0.25, 0.3) is 0 Å². The average Bonchev–Trinajstić information content (AvgIpc) is 3.20. The number of nitro groups is 1. The minimum Gasteiger partial charge on any atom is -0.293 e. The fourth-order valence-electron chi connectivity index (χ4n) is 3.49. The summed E-state index contributed by atoms with van der Waals surface area (Å²) in [7, 11) is 0. The lowest BCUT2D eigenvalue weighted by Gasteiger charge is -2.22. The molecule has 1 saturated heterocycles. The predicted octanol–water partition coefficient (Wildman–Crippen LogP) is 2.68. The summed E-state index contributed by atoms with van der Waals surface area (Å²) >= 11 is 3.31. The number of carbonyl (C=O) groups excluding carboxylic acids is 3. The molecule has 2 aromatic carbocycles. The van der Waals surface area contributed by atoms with Crippen LogP contribution in [0.5, 0.6) is 0 Å². The van der Waals surface area contributed by atoms with Gasteiger partial charge in [0.2, 0.25) is 5.91 Å². The number of nitrogens with zero attached hydrogens (tertiary/aromatic N) is 4. The quantitative estimate of drug-likeness (QED) is 0.396. The number of fused-ring (bicyclic) bond motifs is 1. The summed E-state index contributed by atoms with van der Waals surface area (Å²) in [5, 5.41) is 16.4. The first-order valence-electron chi connectivity index (χ1n) is 8.56. The number of imide groups is 1. The van der Waals surface area contributed by atoms with Crippen LogP contribution in [0.2, 0.25) is 0 Å². The Bertz CT molecular complexity index is 1080. The van der Waals surface area contributed by atoms with E-state index < -0.39 is 34.5 Å². The Hall–Kier alpha value is -3.40. The normalized spacial score (nSPS) is 20.7. The molecule has 0 bridgehead atoms. The van der Waals surface area contributed by atoms with Gasteiger partial charge in [0.25, 0.3) is 11.6 Å². The summed E-state index contributed by atoms with van der Waals surface area (Å²) in [6.45, 7) is 1.29. The molecular formula is C19H13BrN4O5. The molecule has 2 aromatic rings. The number of carbonyl (C=O) groups is 3. The van der Waals surface area contributed by atoms with Crippen molar-refractivity contribution in [3.8, 4) is 0 Å². The molecule has 0 radical (unpaired) electrons. The van der Waals surface area contributed by atoms with Crippen LogP contribution in [0, 0.1) is 16.0 Å². The van der Waals surface area contributed by atoms with Crippen molar-refractivity contribution in [2.75, 3.05) is 9.91 Å². The lowest BCUT2D eigenvalue weighted by molar-refractivity contribution is -0.384. The Morgan fingerprint density at radius 3 is 2.17 bits per heavy atom. The van der Waals surface area contributed by atoms with Gasteiger partial charge >= 0.3 is 0 Å². The number of benzene rings is 2. The van der Waals surface area contributed by atoms with Crippen molar-refractivity contribution >= 4 is 56.3 Å². The van der Waals surface area contributed by atoms with Gasteiger partial charge in [-0.3, -0.25) is 29.5 Å². The number of hydrazone groups is 1. The average molecular weight is 457 g/mol. The first-order valence-corrected chi connectivity index (χ1v) is 9.35. The van der Waals surface area contributed by atoms with Gasteiger partial charge in [-0.25, -0.2) is 4.90 Å². The number of non-ortho nitro benzene ring substituents is 1. The van der Waals surface area contributed by atoms with Gasteiger partial charge in [-0.1, -0.05) is 15.9 Å². The smallest absolute Gasteiger partial charge is 0.269 e. The second-order valence-corrected chi connectivity index (χ2v) is 7.49. The fourth-order valence-corrected chi connectivity index (χ4v) is 3.75. The Morgan fingerprint density at radius 2 is 1.62 bits per heavy atom. The number of nitro benzene ring substituents is 1. The molecule has 146 valence electrons. The van der Waals surface area contributed by atoms with Crippen LogP contribution in [0.4, 0.5) is 17.1 Å². The zero-order valence-electron chi connectivity index (χ0n) is 15.0. The van der Waals surface area contributed by atoms with E-state index in [1.807, 2.05) is 0 Å². The van der Waals surface area contributed by atoms with E-state index in [4.69, 9.17) is 0 Å². The molecule has 2 amide bonds. The molecule has 0 aromatic heterocycles. The Morgan fingerprint density at radius 1 is 1.03 bits per heavy atom. The van der Waals surface area contributed by atoms with Gasteiger partial charge < -0.3 is 0 Å². The van der Waals surface area contributed by atoms with Gasteiger partial charge in [-0.15, -0.1) is 0 Å². The van der Waals surface area contributed by atoms with Crippen LogP contribution in [0.15, 0.2) is 58.1 Å². The first kappa shape index (κ1) is 18.9. The van der Waals surface area contributed by atoms with Gasteiger partial charge in [0.15, 0.2) is 5.78 Å². The Labute approximate surface area is 172 Å². The van der Waals surface area contributed by atoms with Crippen molar-refractivity contribution < 1.29 is 19.3 Å². The first-order chi connectivity index (χ1) is 13.8. The Kier molecular flexibility index (Phi) is 4.50. The number of hydrogen-bond acceptors (Lipinski definition) is 7. The highest BCUT2D eigenvalue weighted by Crippen LogP contribution is 2.38. The molecule has 29 heavy (non-hydrogen) atoms. The number of ketones is 1. The molecule has 0 aliphatic carbocycles. The minimum atomic E-state index is -1.03. The standard InChI is InChI=1S/C19H13BrN4O5/c1-10(25)16-15-17(23(21-16)13-6-8-14(9-7-13)24(28)29)19(27)22(18(15)26)12-4-2-11(20)3-5-12/h2-9,15,17H,1H3/t15-,17-/m1/s1. The lowest BCUT2D eigenvalue weighted by Crippen LogP contribution is -2.39. The maximum absolute atomic E-state index is 13.2. The monoisotopic (exact) mass is 456 g/mol. The van der Waals surface area contributed by atoms with Crippen LogP contribution in [0.1, 0.15) is 6.92 Å². The molecule has 0 saturated carbocycles. The SMILES string of the molecule is CC(=O)C1=NN(c2ccc([N+](=O)[O-])cc2)[C@H]2C(=O)N(c3ccc(Br)cc3)C(=O)[C@H]12. The second-order valence-electron chi connectivity index (χ2n) is 6.57. The highest BCUT2D eigenvalue weighted by molar-refractivity contribution is 9.10. The second kappa shape index (κ2) is 6.89. The molecule has 0 unspecified atom stereocenters. The van der Waals surface area contributed by atoms with Crippen LogP contribution in [0.3, 0.4) is 0 Å². The van der Waals surface area contributed by atoms with Crippen LogP contribution in [-0.4, -0.2) is 34.3 Å². The number of rotatable bonds is 4. The van der Waals surface area contributed by atoms with Crippen molar-refractivity contribution in [1.82, 2.24) is 0 Å². The minimum absolute atomic E-state index is 0.00804. The van der Waals surface area contributed by atoms with E-state index in [-0.39, 0.29) is 11.4 Å². The molecule has 4 rings (SSSR count). The maximum atomic E-state index is 13.2.